The van der Waals surface area contributed by atoms with Gasteiger partial charge in [0.15, 0.2) is 0 Å². The fourth-order valence-electron chi connectivity index (χ4n) is 10.0. The van der Waals surface area contributed by atoms with Crippen molar-refractivity contribution in [1.82, 2.24) is 0 Å². The van der Waals surface area contributed by atoms with Gasteiger partial charge in [0.2, 0.25) is 0 Å². The molecule has 0 saturated heterocycles. The fourth-order valence-corrected chi connectivity index (χ4v) is 10.0. The zero-order chi connectivity index (χ0) is 38.1. The Balaban J connectivity index is 1.12. The summed E-state index contributed by atoms with van der Waals surface area (Å²) in [5.74, 6) is 0. The van der Waals surface area contributed by atoms with E-state index in [-0.39, 0.29) is 16.2 Å². The second kappa shape index (κ2) is 11.5. The van der Waals surface area contributed by atoms with E-state index in [0.29, 0.717) is 0 Å². The maximum absolute atomic E-state index is 6.63. The Bertz CT molecular complexity index is 3080. The third-order valence-corrected chi connectivity index (χ3v) is 13.3. The standard InChI is InChI=1S/C53H45NO2/c1-51(2)25-26-52(3,4)45-31-50-41(30-44(45)51)39-27-32(19-23-48(39)56-50)35-13-8-11-17-46(35)54(33-21-24-49-40(28-33)38-15-9-12-18-47(38)55-49)34-20-22-37-36-14-7-10-16-42(36)53(5,6)43(37)29-34/h7-24,27-31H,25-26H2,1-6H3. The van der Waals surface area contributed by atoms with Gasteiger partial charge in [-0.25, -0.2) is 0 Å². The highest BCUT2D eigenvalue weighted by molar-refractivity contribution is 6.09. The molecule has 2 aromatic heterocycles. The highest BCUT2D eigenvalue weighted by Crippen LogP contribution is 2.52. The molecular formula is C53H45NO2. The van der Waals surface area contributed by atoms with E-state index in [1.807, 2.05) is 6.07 Å². The molecule has 7 aromatic carbocycles. The van der Waals surface area contributed by atoms with Gasteiger partial charge in [0.1, 0.15) is 22.3 Å². The molecule has 3 heteroatoms. The normalized spacial score (nSPS) is 16.3. The average Bonchev–Trinajstić information content (AvgIpc) is 3.83. The van der Waals surface area contributed by atoms with E-state index in [9.17, 15) is 0 Å². The Hall–Kier alpha value is -6.06. The molecule has 2 aliphatic rings. The average molecular weight is 728 g/mol. The number of benzene rings is 7. The summed E-state index contributed by atoms with van der Waals surface area (Å²) in [6.45, 7) is 14.3. The van der Waals surface area contributed by atoms with Crippen molar-refractivity contribution in [2.24, 2.45) is 0 Å². The van der Waals surface area contributed by atoms with Gasteiger partial charge in [0.25, 0.3) is 0 Å². The van der Waals surface area contributed by atoms with Crippen molar-refractivity contribution in [2.75, 3.05) is 4.90 Å². The number of hydrogen-bond donors (Lipinski definition) is 0. The van der Waals surface area contributed by atoms with Crippen LogP contribution in [-0.2, 0) is 16.2 Å². The van der Waals surface area contributed by atoms with Crippen LogP contribution in [0.15, 0.2) is 148 Å². The summed E-state index contributed by atoms with van der Waals surface area (Å²) in [5.41, 5.74) is 17.6. The SMILES string of the molecule is CC1(C)CCC(C)(C)c2cc3c(cc21)oc1ccc(-c2ccccc2N(c2ccc4c(c2)C(C)(C)c2ccccc2-4)c2ccc4oc5ccccc5c4c2)cc13. The topological polar surface area (TPSA) is 29.5 Å². The van der Waals surface area contributed by atoms with Crippen LogP contribution in [0.2, 0.25) is 0 Å². The van der Waals surface area contributed by atoms with Gasteiger partial charge in [0, 0.05) is 43.9 Å². The van der Waals surface area contributed by atoms with Crippen molar-refractivity contribution in [3.63, 3.8) is 0 Å². The molecular weight excluding hydrogens is 683 g/mol. The van der Waals surface area contributed by atoms with Crippen LogP contribution in [0.3, 0.4) is 0 Å². The van der Waals surface area contributed by atoms with Crippen molar-refractivity contribution in [3.8, 4) is 22.3 Å². The van der Waals surface area contributed by atoms with Crippen LogP contribution in [0.5, 0.6) is 0 Å². The molecule has 0 fully saturated rings. The molecule has 2 heterocycles. The lowest BCUT2D eigenvalue weighted by Gasteiger charge is -2.41. The summed E-state index contributed by atoms with van der Waals surface area (Å²) in [7, 11) is 0. The third kappa shape index (κ3) is 4.76. The number of anilines is 3. The van der Waals surface area contributed by atoms with E-state index in [1.54, 1.807) is 0 Å². The number of rotatable bonds is 4. The molecule has 0 unspecified atom stereocenters. The van der Waals surface area contributed by atoms with Crippen LogP contribution in [0.1, 0.15) is 76.6 Å². The van der Waals surface area contributed by atoms with E-state index in [1.165, 1.54) is 51.6 Å². The van der Waals surface area contributed by atoms with Gasteiger partial charge in [-0.05, 0) is 129 Å². The number of furan rings is 2. The van der Waals surface area contributed by atoms with E-state index < -0.39 is 0 Å². The molecule has 9 aromatic rings. The molecule has 0 bridgehead atoms. The first-order chi connectivity index (χ1) is 27.0. The molecule has 0 N–H and O–H groups in total. The molecule has 0 saturated carbocycles. The molecule has 0 amide bonds. The van der Waals surface area contributed by atoms with Crippen molar-refractivity contribution in [3.05, 3.63) is 162 Å². The van der Waals surface area contributed by atoms with Gasteiger partial charge in [0.05, 0.1) is 5.69 Å². The van der Waals surface area contributed by atoms with Crippen LogP contribution in [0.25, 0.3) is 66.1 Å². The van der Waals surface area contributed by atoms with Crippen molar-refractivity contribution < 1.29 is 8.83 Å². The minimum Gasteiger partial charge on any atom is -0.456 e. The Morgan fingerprint density at radius 3 is 1.80 bits per heavy atom. The monoisotopic (exact) mass is 727 g/mol. The predicted molar refractivity (Wildman–Crippen MR) is 234 cm³/mol. The second-order valence-electron chi connectivity index (χ2n) is 18.0. The van der Waals surface area contributed by atoms with Crippen LogP contribution >= 0.6 is 0 Å². The van der Waals surface area contributed by atoms with Crippen LogP contribution in [0, 0.1) is 0 Å². The highest BCUT2D eigenvalue weighted by Gasteiger charge is 2.38. The van der Waals surface area contributed by atoms with Gasteiger partial charge < -0.3 is 13.7 Å². The van der Waals surface area contributed by atoms with Crippen LogP contribution in [0.4, 0.5) is 17.1 Å². The molecule has 11 rings (SSSR count). The fraction of sp³-hybridized carbons (Fsp3) is 0.208. The predicted octanol–water partition coefficient (Wildman–Crippen LogP) is 15.3. The summed E-state index contributed by atoms with van der Waals surface area (Å²) >= 11 is 0. The summed E-state index contributed by atoms with van der Waals surface area (Å²) in [4.78, 5) is 2.44. The Morgan fingerprint density at radius 2 is 0.982 bits per heavy atom. The van der Waals surface area contributed by atoms with Crippen LogP contribution in [-0.4, -0.2) is 0 Å². The lowest BCUT2D eigenvalue weighted by molar-refractivity contribution is 0.332. The molecule has 0 aliphatic heterocycles. The first-order valence-corrected chi connectivity index (χ1v) is 20.0. The zero-order valence-electron chi connectivity index (χ0n) is 33.0. The third-order valence-electron chi connectivity index (χ3n) is 13.3. The Labute approximate surface area is 328 Å². The maximum atomic E-state index is 6.63. The van der Waals surface area contributed by atoms with Gasteiger partial charge in [-0.1, -0.05) is 114 Å². The van der Waals surface area contributed by atoms with Crippen molar-refractivity contribution >= 4 is 60.9 Å². The van der Waals surface area contributed by atoms with E-state index in [0.717, 1.165) is 66.7 Å². The minimum atomic E-state index is -0.131. The molecule has 2 aliphatic carbocycles. The molecule has 3 nitrogen and oxygen atoms in total. The molecule has 0 spiro atoms. The molecule has 0 atom stereocenters. The van der Waals surface area contributed by atoms with Crippen LogP contribution < -0.4 is 4.90 Å². The molecule has 0 radical (unpaired) electrons. The van der Waals surface area contributed by atoms with E-state index in [2.05, 4.69) is 180 Å². The summed E-state index contributed by atoms with van der Waals surface area (Å²) < 4.78 is 12.9. The largest absolute Gasteiger partial charge is 0.456 e. The van der Waals surface area contributed by atoms with Crippen molar-refractivity contribution in [1.29, 1.82) is 0 Å². The van der Waals surface area contributed by atoms with Crippen molar-refractivity contribution in [2.45, 2.75) is 70.6 Å². The van der Waals surface area contributed by atoms with Gasteiger partial charge >= 0.3 is 0 Å². The number of para-hydroxylation sites is 2. The second-order valence-corrected chi connectivity index (χ2v) is 18.0. The number of hydrogen-bond acceptors (Lipinski definition) is 3. The number of fused-ring (bicyclic) bond motifs is 10. The quantitative estimate of drug-likeness (QED) is 0.181. The molecule has 274 valence electrons. The van der Waals surface area contributed by atoms with Gasteiger partial charge in [-0.2, -0.15) is 0 Å². The maximum Gasteiger partial charge on any atom is 0.135 e. The Kier molecular flexibility index (Phi) is 6.83. The first-order valence-electron chi connectivity index (χ1n) is 20.0. The smallest absolute Gasteiger partial charge is 0.135 e. The summed E-state index contributed by atoms with van der Waals surface area (Å²) in [5, 5.41) is 4.58. The van der Waals surface area contributed by atoms with E-state index >= 15 is 0 Å². The zero-order valence-corrected chi connectivity index (χ0v) is 33.0. The van der Waals surface area contributed by atoms with Gasteiger partial charge in [-0.3, -0.25) is 0 Å². The lowest BCUT2D eigenvalue weighted by Crippen LogP contribution is -2.33. The molecule has 56 heavy (non-hydrogen) atoms. The minimum absolute atomic E-state index is 0.112. The summed E-state index contributed by atoms with van der Waals surface area (Å²) in [6.07, 6.45) is 2.35. The van der Waals surface area contributed by atoms with Gasteiger partial charge in [-0.15, -0.1) is 0 Å². The highest BCUT2D eigenvalue weighted by atomic mass is 16.3. The Morgan fingerprint density at radius 1 is 0.411 bits per heavy atom. The number of nitrogens with zero attached hydrogens (tertiary/aromatic N) is 1. The lowest BCUT2D eigenvalue weighted by atomic mass is 9.63. The summed E-state index contributed by atoms with van der Waals surface area (Å²) in [6, 6.07) is 51.2. The van der Waals surface area contributed by atoms with E-state index in [4.69, 9.17) is 8.83 Å². The first kappa shape index (κ1) is 33.3.